The van der Waals surface area contributed by atoms with Crippen LogP contribution in [-0.2, 0) is 9.47 Å². The van der Waals surface area contributed by atoms with Crippen LogP contribution in [0.2, 0.25) is 0 Å². The highest BCUT2D eigenvalue weighted by molar-refractivity contribution is 5.15. The van der Waals surface area contributed by atoms with Crippen molar-refractivity contribution in [1.29, 1.82) is 0 Å². The van der Waals surface area contributed by atoms with Crippen LogP contribution in [0.25, 0.3) is 0 Å². The Morgan fingerprint density at radius 3 is 2.74 bits per heavy atom. The fraction of sp³-hybridized carbons (Fsp3) is 0.875. The molecular weight excluding hydrogens is 238 g/mol. The van der Waals surface area contributed by atoms with Gasteiger partial charge in [0.1, 0.15) is 5.76 Å². The lowest BCUT2D eigenvalue weighted by Gasteiger charge is -2.44. The number of hydrogen-bond donors (Lipinski definition) is 1. The molecular formula is C16H29NO2. The van der Waals surface area contributed by atoms with E-state index in [1.807, 2.05) is 7.11 Å². The highest BCUT2D eigenvalue weighted by Crippen LogP contribution is 2.39. The van der Waals surface area contributed by atoms with Crippen molar-refractivity contribution in [2.45, 2.75) is 64.0 Å². The summed E-state index contributed by atoms with van der Waals surface area (Å²) < 4.78 is 11.9. The Balaban J connectivity index is 2.13. The van der Waals surface area contributed by atoms with Crippen LogP contribution in [0.1, 0.15) is 52.4 Å². The van der Waals surface area contributed by atoms with E-state index < -0.39 is 0 Å². The monoisotopic (exact) mass is 267 g/mol. The summed E-state index contributed by atoms with van der Waals surface area (Å²) in [6.45, 7) is 6.40. The molecule has 1 heterocycles. The Bertz CT molecular complexity index is 306. The van der Waals surface area contributed by atoms with Crippen LogP contribution in [0.5, 0.6) is 0 Å². The third-order valence-electron chi connectivity index (χ3n) is 4.67. The molecule has 1 aliphatic carbocycles. The fourth-order valence-electron chi connectivity index (χ4n) is 3.33. The van der Waals surface area contributed by atoms with Gasteiger partial charge in [-0.05, 0) is 50.6 Å². The maximum absolute atomic E-state index is 6.02. The Labute approximate surface area is 117 Å². The number of ether oxygens (including phenoxy) is 2. The van der Waals surface area contributed by atoms with E-state index in [1.165, 1.54) is 12.8 Å². The number of rotatable bonds is 6. The summed E-state index contributed by atoms with van der Waals surface area (Å²) in [5, 5.41) is 3.67. The van der Waals surface area contributed by atoms with Crippen molar-refractivity contribution < 1.29 is 9.47 Å². The van der Waals surface area contributed by atoms with Gasteiger partial charge in [-0.1, -0.05) is 13.8 Å². The summed E-state index contributed by atoms with van der Waals surface area (Å²) in [7, 11) is 1.87. The van der Waals surface area contributed by atoms with Crippen molar-refractivity contribution in [3.05, 3.63) is 11.8 Å². The van der Waals surface area contributed by atoms with Gasteiger partial charge in [0.25, 0.3) is 0 Å². The van der Waals surface area contributed by atoms with Crippen LogP contribution in [0.4, 0.5) is 0 Å². The summed E-state index contributed by atoms with van der Waals surface area (Å²) in [5.41, 5.74) is -0.0716. The van der Waals surface area contributed by atoms with Crippen LogP contribution < -0.4 is 5.32 Å². The molecule has 0 bridgehead atoms. The first-order valence-electron chi connectivity index (χ1n) is 7.83. The topological polar surface area (TPSA) is 30.5 Å². The maximum atomic E-state index is 6.02. The first-order valence-corrected chi connectivity index (χ1v) is 7.83. The van der Waals surface area contributed by atoms with Gasteiger partial charge < -0.3 is 14.8 Å². The van der Waals surface area contributed by atoms with Gasteiger partial charge >= 0.3 is 0 Å². The average molecular weight is 267 g/mol. The third-order valence-corrected chi connectivity index (χ3v) is 4.67. The van der Waals surface area contributed by atoms with Gasteiger partial charge in [-0.25, -0.2) is 0 Å². The van der Waals surface area contributed by atoms with Gasteiger partial charge in [-0.2, -0.15) is 0 Å². The van der Waals surface area contributed by atoms with E-state index in [0.717, 1.165) is 50.5 Å². The number of hydrogen-bond acceptors (Lipinski definition) is 3. The first kappa shape index (κ1) is 14.9. The zero-order chi connectivity index (χ0) is 13.7. The van der Waals surface area contributed by atoms with Crippen LogP contribution in [-0.4, -0.2) is 31.9 Å². The minimum atomic E-state index is -0.0716. The molecule has 0 saturated heterocycles. The van der Waals surface area contributed by atoms with Gasteiger partial charge in [-0.15, -0.1) is 0 Å². The van der Waals surface area contributed by atoms with E-state index in [9.17, 15) is 0 Å². The SMILES string of the molecule is CCCNC(C1=CCCO1)C1(OC)CCC(C)CC1. The van der Waals surface area contributed by atoms with Gasteiger partial charge in [0.2, 0.25) is 0 Å². The van der Waals surface area contributed by atoms with Gasteiger partial charge in [0.15, 0.2) is 0 Å². The predicted molar refractivity (Wildman–Crippen MR) is 78.1 cm³/mol. The molecule has 1 fully saturated rings. The van der Waals surface area contributed by atoms with E-state index in [1.54, 1.807) is 0 Å². The Morgan fingerprint density at radius 1 is 1.47 bits per heavy atom. The molecule has 1 unspecified atom stereocenters. The largest absolute Gasteiger partial charge is 0.496 e. The summed E-state index contributed by atoms with van der Waals surface area (Å²) >= 11 is 0. The van der Waals surface area contributed by atoms with E-state index in [2.05, 4.69) is 25.2 Å². The second-order valence-electron chi connectivity index (χ2n) is 6.08. The molecule has 2 aliphatic rings. The van der Waals surface area contributed by atoms with E-state index in [-0.39, 0.29) is 11.6 Å². The Hall–Kier alpha value is -0.540. The van der Waals surface area contributed by atoms with Crippen LogP contribution in [0.3, 0.4) is 0 Å². The number of methoxy groups -OCH3 is 1. The van der Waals surface area contributed by atoms with Crippen molar-refractivity contribution in [2.24, 2.45) is 5.92 Å². The zero-order valence-electron chi connectivity index (χ0n) is 12.7. The molecule has 0 aromatic rings. The summed E-state index contributed by atoms with van der Waals surface area (Å²) in [4.78, 5) is 0. The Morgan fingerprint density at radius 2 is 2.21 bits per heavy atom. The molecule has 1 saturated carbocycles. The first-order chi connectivity index (χ1) is 9.22. The molecule has 1 N–H and O–H groups in total. The maximum Gasteiger partial charge on any atom is 0.112 e. The fourth-order valence-corrected chi connectivity index (χ4v) is 3.33. The average Bonchev–Trinajstić information content (AvgIpc) is 2.95. The van der Waals surface area contributed by atoms with Crippen LogP contribution >= 0.6 is 0 Å². The molecule has 3 nitrogen and oxygen atoms in total. The van der Waals surface area contributed by atoms with Gasteiger partial charge in [-0.3, -0.25) is 0 Å². The van der Waals surface area contributed by atoms with Crippen molar-refractivity contribution in [1.82, 2.24) is 5.32 Å². The molecule has 3 heteroatoms. The lowest BCUT2D eigenvalue weighted by molar-refractivity contribution is -0.0755. The van der Waals surface area contributed by atoms with Gasteiger partial charge in [0.05, 0.1) is 18.2 Å². The standard InChI is InChI=1S/C16H29NO2/c1-4-11-17-15(14-6-5-12-19-14)16(18-3)9-7-13(2)8-10-16/h6,13,15,17H,4-5,7-12H2,1-3H3. The van der Waals surface area contributed by atoms with Crippen molar-refractivity contribution in [3.63, 3.8) is 0 Å². The molecule has 0 radical (unpaired) electrons. The molecule has 2 rings (SSSR count). The summed E-state index contributed by atoms with van der Waals surface area (Å²) in [5.74, 6) is 1.94. The highest BCUT2D eigenvalue weighted by Gasteiger charge is 2.44. The van der Waals surface area contributed by atoms with E-state index >= 15 is 0 Å². The molecule has 0 aromatic carbocycles. The van der Waals surface area contributed by atoms with Crippen LogP contribution in [0, 0.1) is 5.92 Å². The molecule has 0 aromatic heterocycles. The minimum absolute atomic E-state index is 0.0716. The normalized spacial score (nSPS) is 32.8. The molecule has 1 aliphatic heterocycles. The van der Waals surface area contributed by atoms with E-state index in [0.29, 0.717) is 0 Å². The molecule has 19 heavy (non-hydrogen) atoms. The molecule has 0 amide bonds. The Kier molecular flexibility index (Phi) is 5.28. The zero-order valence-corrected chi connectivity index (χ0v) is 12.7. The lowest BCUT2D eigenvalue weighted by atomic mass is 9.74. The minimum Gasteiger partial charge on any atom is -0.496 e. The third kappa shape index (κ3) is 3.32. The predicted octanol–water partition coefficient (Wildman–Crippen LogP) is 3.25. The summed E-state index contributed by atoms with van der Waals surface area (Å²) in [6, 6.07) is 0.229. The van der Waals surface area contributed by atoms with Gasteiger partial charge in [0, 0.05) is 13.5 Å². The van der Waals surface area contributed by atoms with Crippen molar-refractivity contribution >= 4 is 0 Å². The van der Waals surface area contributed by atoms with Crippen molar-refractivity contribution in [2.75, 3.05) is 20.3 Å². The molecule has 1 atom stereocenters. The number of nitrogens with one attached hydrogen (secondary N) is 1. The van der Waals surface area contributed by atoms with Crippen LogP contribution in [0.15, 0.2) is 11.8 Å². The lowest BCUT2D eigenvalue weighted by Crippen LogP contribution is -2.55. The van der Waals surface area contributed by atoms with E-state index in [4.69, 9.17) is 9.47 Å². The van der Waals surface area contributed by atoms with Crippen molar-refractivity contribution in [3.8, 4) is 0 Å². The second kappa shape index (κ2) is 6.76. The summed E-state index contributed by atoms with van der Waals surface area (Å²) in [6.07, 6.45) is 9.19. The quantitative estimate of drug-likeness (QED) is 0.801. The molecule has 0 spiro atoms. The molecule has 110 valence electrons. The highest BCUT2D eigenvalue weighted by atomic mass is 16.5. The second-order valence-corrected chi connectivity index (χ2v) is 6.08. The smallest absolute Gasteiger partial charge is 0.112 e.